The summed E-state index contributed by atoms with van der Waals surface area (Å²) in [7, 11) is -4.31. The molecule has 0 bridgehead atoms. The minimum absolute atomic E-state index is 0.237. The minimum atomic E-state index is -4.31. The molecule has 9 heteroatoms. The van der Waals surface area contributed by atoms with Crippen LogP contribution < -0.4 is 4.31 Å². The first-order valence-corrected chi connectivity index (χ1v) is 9.20. The van der Waals surface area contributed by atoms with Gasteiger partial charge in [0.05, 0.1) is 15.5 Å². The number of para-hydroxylation sites is 1. The highest BCUT2D eigenvalue weighted by atomic mass is 32.2. The van der Waals surface area contributed by atoms with Gasteiger partial charge in [-0.3, -0.25) is 19.2 Å². The molecule has 138 valence electrons. The maximum Gasteiger partial charge on any atom is 0.324 e. The van der Waals surface area contributed by atoms with Gasteiger partial charge in [-0.1, -0.05) is 31.2 Å². The molecular formula is C17H18N2O6S. The standard InChI is InChI=1S/C17H18N2O6S/c1-3-13-6-4-5-7-15(13)18(11-17(20)21)26(24,25)14-9-8-12(2)16(10-14)19(22)23/h4-10H,3,11H2,1-2H3,(H,20,21). The Bertz CT molecular complexity index is 955. The Labute approximate surface area is 150 Å². The number of aliphatic carboxylic acids is 1. The quantitative estimate of drug-likeness (QED) is 0.585. The fraction of sp³-hybridized carbons (Fsp3) is 0.235. The number of carboxylic acid groups (broad SMARTS) is 1. The van der Waals surface area contributed by atoms with E-state index in [1.165, 1.54) is 25.1 Å². The third-order valence-electron chi connectivity index (χ3n) is 3.89. The second-order valence-corrected chi connectivity index (χ2v) is 7.46. The van der Waals surface area contributed by atoms with Crippen molar-refractivity contribution < 1.29 is 23.2 Å². The molecule has 2 aromatic rings. The first-order valence-electron chi connectivity index (χ1n) is 7.76. The van der Waals surface area contributed by atoms with Gasteiger partial charge in [-0.15, -0.1) is 0 Å². The monoisotopic (exact) mass is 378 g/mol. The fourth-order valence-electron chi connectivity index (χ4n) is 2.55. The maximum atomic E-state index is 13.1. The van der Waals surface area contributed by atoms with Crippen LogP contribution in [0.4, 0.5) is 11.4 Å². The van der Waals surface area contributed by atoms with Gasteiger partial charge in [-0.25, -0.2) is 8.42 Å². The smallest absolute Gasteiger partial charge is 0.324 e. The summed E-state index contributed by atoms with van der Waals surface area (Å²) < 4.78 is 26.9. The Balaban J connectivity index is 2.66. The molecule has 0 spiro atoms. The van der Waals surface area contributed by atoms with E-state index in [9.17, 15) is 28.4 Å². The van der Waals surface area contributed by atoms with Gasteiger partial charge < -0.3 is 5.11 Å². The van der Waals surface area contributed by atoms with E-state index in [4.69, 9.17) is 0 Å². The van der Waals surface area contributed by atoms with Gasteiger partial charge in [0.25, 0.3) is 15.7 Å². The summed E-state index contributed by atoms with van der Waals surface area (Å²) >= 11 is 0. The summed E-state index contributed by atoms with van der Waals surface area (Å²) in [6.07, 6.45) is 0.496. The van der Waals surface area contributed by atoms with Crippen LogP contribution in [0.25, 0.3) is 0 Å². The molecule has 0 saturated heterocycles. The highest BCUT2D eigenvalue weighted by Gasteiger charge is 2.30. The lowest BCUT2D eigenvalue weighted by Gasteiger charge is -2.25. The molecule has 26 heavy (non-hydrogen) atoms. The first kappa shape index (κ1) is 19.4. The van der Waals surface area contributed by atoms with Crippen LogP contribution in [-0.2, 0) is 21.2 Å². The van der Waals surface area contributed by atoms with Gasteiger partial charge in [-0.05, 0) is 31.0 Å². The number of nitrogens with zero attached hydrogens (tertiary/aromatic N) is 2. The van der Waals surface area contributed by atoms with Crippen molar-refractivity contribution in [2.45, 2.75) is 25.2 Å². The predicted octanol–water partition coefficient (Wildman–Crippen LogP) is 2.75. The molecule has 2 aromatic carbocycles. The van der Waals surface area contributed by atoms with Gasteiger partial charge in [0.15, 0.2) is 0 Å². The van der Waals surface area contributed by atoms with E-state index >= 15 is 0 Å². The van der Waals surface area contributed by atoms with E-state index in [1.54, 1.807) is 18.2 Å². The molecule has 0 atom stereocenters. The molecule has 0 unspecified atom stereocenters. The van der Waals surface area contributed by atoms with E-state index in [2.05, 4.69) is 0 Å². The number of sulfonamides is 1. The van der Waals surface area contributed by atoms with Crippen LogP contribution in [0.2, 0.25) is 0 Å². The molecule has 0 amide bonds. The Kier molecular flexibility index (Phi) is 5.61. The number of carbonyl (C=O) groups is 1. The molecule has 1 N–H and O–H groups in total. The van der Waals surface area contributed by atoms with E-state index < -0.39 is 27.5 Å². The lowest BCUT2D eigenvalue weighted by molar-refractivity contribution is -0.385. The second kappa shape index (κ2) is 7.52. The van der Waals surface area contributed by atoms with Crippen LogP contribution in [0.15, 0.2) is 47.4 Å². The second-order valence-electron chi connectivity index (χ2n) is 5.59. The molecular weight excluding hydrogens is 360 g/mol. The Hall–Kier alpha value is -2.94. The number of nitro groups is 1. The Morgan fingerprint density at radius 2 is 1.88 bits per heavy atom. The molecule has 0 fully saturated rings. The number of carboxylic acids is 1. The zero-order valence-electron chi connectivity index (χ0n) is 14.2. The highest BCUT2D eigenvalue weighted by molar-refractivity contribution is 7.92. The van der Waals surface area contributed by atoms with Crippen LogP contribution in [0.1, 0.15) is 18.1 Å². The fourth-order valence-corrected chi connectivity index (χ4v) is 4.02. The summed E-state index contributed by atoms with van der Waals surface area (Å²) in [5, 5.41) is 20.3. The van der Waals surface area contributed by atoms with Crippen molar-refractivity contribution in [3.05, 3.63) is 63.7 Å². The maximum absolute atomic E-state index is 13.1. The molecule has 0 saturated carbocycles. The van der Waals surface area contributed by atoms with Crippen molar-refractivity contribution in [3.8, 4) is 0 Å². The molecule has 0 aromatic heterocycles. The van der Waals surface area contributed by atoms with E-state index in [-0.39, 0.29) is 16.3 Å². The van der Waals surface area contributed by atoms with Crippen LogP contribution in [0.5, 0.6) is 0 Å². The average Bonchev–Trinajstić information content (AvgIpc) is 2.59. The topological polar surface area (TPSA) is 118 Å². The van der Waals surface area contributed by atoms with E-state index in [1.807, 2.05) is 6.92 Å². The predicted molar refractivity (Wildman–Crippen MR) is 95.8 cm³/mol. The third-order valence-corrected chi connectivity index (χ3v) is 5.64. The van der Waals surface area contributed by atoms with Gasteiger partial charge >= 0.3 is 5.97 Å². The summed E-state index contributed by atoms with van der Waals surface area (Å²) in [5.41, 5.74) is 0.859. The van der Waals surface area contributed by atoms with Crippen molar-refractivity contribution >= 4 is 27.4 Å². The van der Waals surface area contributed by atoms with Crippen LogP contribution in [0.3, 0.4) is 0 Å². The SMILES string of the molecule is CCc1ccccc1N(CC(=O)O)S(=O)(=O)c1ccc(C)c([N+](=O)[O-])c1. The minimum Gasteiger partial charge on any atom is -0.480 e. The third kappa shape index (κ3) is 3.83. The normalized spacial score (nSPS) is 11.2. The zero-order valence-corrected chi connectivity index (χ0v) is 15.1. The van der Waals surface area contributed by atoms with Crippen molar-refractivity contribution in [3.63, 3.8) is 0 Å². The number of anilines is 1. The zero-order chi connectivity index (χ0) is 19.5. The lowest BCUT2D eigenvalue weighted by Crippen LogP contribution is -2.36. The number of hydrogen-bond donors (Lipinski definition) is 1. The molecule has 2 rings (SSSR count). The number of benzene rings is 2. The number of rotatable bonds is 7. The molecule has 8 nitrogen and oxygen atoms in total. The van der Waals surface area contributed by atoms with Crippen molar-refractivity contribution in [2.24, 2.45) is 0 Å². The summed E-state index contributed by atoms with van der Waals surface area (Å²) in [5.74, 6) is -1.33. The van der Waals surface area contributed by atoms with Crippen molar-refractivity contribution in [1.82, 2.24) is 0 Å². The highest BCUT2D eigenvalue weighted by Crippen LogP contribution is 2.30. The average molecular weight is 378 g/mol. The number of nitro benzene ring substituents is 1. The first-order chi connectivity index (χ1) is 12.2. The van der Waals surface area contributed by atoms with Crippen LogP contribution in [0, 0.1) is 17.0 Å². The van der Waals surface area contributed by atoms with Gasteiger partial charge in [0.1, 0.15) is 6.54 Å². The molecule has 0 aliphatic rings. The van der Waals surface area contributed by atoms with Gasteiger partial charge in [0, 0.05) is 11.6 Å². The number of hydrogen-bond acceptors (Lipinski definition) is 5. The molecule has 0 aliphatic carbocycles. The van der Waals surface area contributed by atoms with Crippen molar-refractivity contribution in [2.75, 3.05) is 10.8 Å². The van der Waals surface area contributed by atoms with Crippen LogP contribution in [-0.4, -0.2) is 31.0 Å². The largest absolute Gasteiger partial charge is 0.480 e. The summed E-state index contributed by atoms with van der Waals surface area (Å²) in [6.45, 7) is 2.53. The number of aryl methyl sites for hydroxylation is 2. The van der Waals surface area contributed by atoms with Crippen molar-refractivity contribution in [1.29, 1.82) is 0 Å². The van der Waals surface area contributed by atoms with E-state index in [0.717, 1.165) is 10.4 Å². The molecule has 0 radical (unpaired) electrons. The van der Waals surface area contributed by atoms with Crippen LogP contribution >= 0.6 is 0 Å². The summed E-state index contributed by atoms with van der Waals surface area (Å²) in [6, 6.07) is 10.1. The Morgan fingerprint density at radius 1 is 1.23 bits per heavy atom. The Morgan fingerprint density at radius 3 is 2.46 bits per heavy atom. The lowest BCUT2D eigenvalue weighted by atomic mass is 10.1. The van der Waals surface area contributed by atoms with Gasteiger partial charge in [-0.2, -0.15) is 0 Å². The van der Waals surface area contributed by atoms with Gasteiger partial charge in [0.2, 0.25) is 0 Å². The molecule has 0 aliphatic heterocycles. The summed E-state index contributed by atoms with van der Waals surface area (Å²) in [4.78, 5) is 21.4. The molecule has 0 heterocycles. The van der Waals surface area contributed by atoms with E-state index in [0.29, 0.717) is 17.5 Å².